The van der Waals surface area contributed by atoms with Crippen molar-refractivity contribution in [3.05, 3.63) is 34.3 Å². The fourth-order valence-electron chi connectivity index (χ4n) is 0.858. The summed E-state index contributed by atoms with van der Waals surface area (Å²) in [7, 11) is 0. The highest BCUT2D eigenvalue weighted by atomic mass is 79.9. The Morgan fingerprint density at radius 2 is 2.23 bits per heavy atom. The molecular formula is C9H8BrNO2. The second-order valence-electron chi connectivity index (χ2n) is 2.44. The van der Waals surface area contributed by atoms with E-state index in [2.05, 4.69) is 15.9 Å². The Balaban J connectivity index is 2.96. The SMILES string of the molecule is Nc1cc(Br)ccc1/C=C/C(=O)O. The van der Waals surface area contributed by atoms with Gasteiger partial charge >= 0.3 is 5.97 Å². The smallest absolute Gasteiger partial charge is 0.328 e. The summed E-state index contributed by atoms with van der Waals surface area (Å²) in [5, 5.41) is 8.38. The van der Waals surface area contributed by atoms with Gasteiger partial charge in [0.1, 0.15) is 0 Å². The van der Waals surface area contributed by atoms with Gasteiger partial charge in [-0.1, -0.05) is 22.0 Å². The van der Waals surface area contributed by atoms with Gasteiger partial charge in [0.25, 0.3) is 0 Å². The van der Waals surface area contributed by atoms with Crippen molar-refractivity contribution in [2.24, 2.45) is 0 Å². The summed E-state index contributed by atoms with van der Waals surface area (Å²) in [5.41, 5.74) is 6.88. The number of anilines is 1. The molecule has 68 valence electrons. The third kappa shape index (κ3) is 2.91. The minimum absolute atomic E-state index is 0.548. The Labute approximate surface area is 84.0 Å². The van der Waals surface area contributed by atoms with Crippen molar-refractivity contribution in [2.75, 3.05) is 5.73 Å². The van der Waals surface area contributed by atoms with Crippen molar-refractivity contribution in [3.63, 3.8) is 0 Å². The van der Waals surface area contributed by atoms with Gasteiger partial charge in [0.15, 0.2) is 0 Å². The molecule has 0 aliphatic carbocycles. The van der Waals surface area contributed by atoms with Gasteiger partial charge in [0.2, 0.25) is 0 Å². The first kappa shape index (κ1) is 9.80. The van der Waals surface area contributed by atoms with E-state index in [9.17, 15) is 4.79 Å². The highest BCUT2D eigenvalue weighted by molar-refractivity contribution is 9.10. The molecule has 3 N–H and O–H groups in total. The van der Waals surface area contributed by atoms with Crippen molar-refractivity contribution in [1.82, 2.24) is 0 Å². The molecule has 0 heterocycles. The molecule has 0 unspecified atom stereocenters. The van der Waals surface area contributed by atoms with E-state index < -0.39 is 5.97 Å². The minimum Gasteiger partial charge on any atom is -0.478 e. The molecule has 0 saturated heterocycles. The number of rotatable bonds is 2. The largest absolute Gasteiger partial charge is 0.478 e. The van der Waals surface area contributed by atoms with E-state index in [0.29, 0.717) is 11.3 Å². The molecule has 0 aromatic heterocycles. The lowest BCUT2D eigenvalue weighted by Gasteiger charge is -1.99. The molecule has 0 radical (unpaired) electrons. The normalized spacial score (nSPS) is 10.5. The molecule has 1 rings (SSSR count). The zero-order valence-electron chi connectivity index (χ0n) is 6.70. The Hall–Kier alpha value is -1.29. The average molecular weight is 242 g/mol. The number of benzene rings is 1. The van der Waals surface area contributed by atoms with Gasteiger partial charge in [-0.25, -0.2) is 4.79 Å². The van der Waals surface area contributed by atoms with Gasteiger partial charge in [-0.15, -0.1) is 0 Å². The molecule has 0 atom stereocenters. The predicted molar refractivity (Wildman–Crippen MR) is 55.2 cm³/mol. The second-order valence-corrected chi connectivity index (χ2v) is 3.36. The van der Waals surface area contributed by atoms with Crippen molar-refractivity contribution in [3.8, 4) is 0 Å². The highest BCUT2D eigenvalue weighted by Gasteiger charge is 1.96. The lowest BCUT2D eigenvalue weighted by Crippen LogP contribution is -1.90. The summed E-state index contributed by atoms with van der Waals surface area (Å²) in [5.74, 6) is -0.984. The van der Waals surface area contributed by atoms with Gasteiger partial charge in [0.05, 0.1) is 0 Å². The standard InChI is InChI=1S/C9H8BrNO2/c10-7-3-1-6(8(11)5-7)2-4-9(12)13/h1-5H,11H2,(H,12,13)/b4-2+. The quantitative estimate of drug-likeness (QED) is 0.616. The third-order valence-electron chi connectivity index (χ3n) is 1.45. The Bertz CT molecular complexity index is 361. The van der Waals surface area contributed by atoms with E-state index in [4.69, 9.17) is 10.8 Å². The summed E-state index contributed by atoms with van der Waals surface area (Å²) in [4.78, 5) is 10.2. The average Bonchev–Trinajstić information content (AvgIpc) is 2.02. The monoisotopic (exact) mass is 241 g/mol. The first-order valence-electron chi connectivity index (χ1n) is 3.55. The molecule has 0 bridgehead atoms. The van der Waals surface area contributed by atoms with Crippen LogP contribution in [0.3, 0.4) is 0 Å². The van der Waals surface area contributed by atoms with Crippen LogP contribution in [0.2, 0.25) is 0 Å². The van der Waals surface area contributed by atoms with Crippen LogP contribution in [-0.2, 0) is 4.79 Å². The summed E-state index contributed by atoms with van der Waals surface area (Å²) in [6.45, 7) is 0. The first-order valence-corrected chi connectivity index (χ1v) is 4.35. The molecule has 13 heavy (non-hydrogen) atoms. The van der Waals surface area contributed by atoms with Gasteiger partial charge in [-0.05, 0) is 23.8 Å². The number of carboxylic acids is 1. The lowest BCUT2D eigenvalue weighted by molar-refractivity contribution is -0.131. The summed E-state index contributed by atoms with van der Waals surface area (Å²) in [6, 6.07) is 5.28. The molecule has 1 aromatic rings. The number of nitrogen functional groups attached to an aromatic ring is 1. The summed E-state index contributed by atoms with van der Waals surface area (Å²) >= 11 is 3.26. The lowest BCUT2D eigenvalue weighted by atomic mass is 10.2. The summed E-state index contributed by atoms with van der Waals surface area (Å²) < 4.78 is 0.873. The Kier molecular flexibility index (Phi) is 3.08. The number of aliphatic carboxylic acids is 1. The van der Waals surface area contributed by atoms with Crippen LogP contribution < -0.4 is 5.73 Å². The third-order valence-corrected chi connectivity index (χ3v) is 1.95. The van der Waals surface area contributed by atoms with Crippen LogP contribution in [0.5, 0.6) is 0 Å². The minimum atomic E-state index is -0.984. The molecule has 0 spiro atoms. The van der Waals surface area contributed by atoms with Crippen LogP contribution in [0.15, 0.2) is 28.7 Å². The molecule has 0 aliphatic heterocycles. The maximum atomic E-state index is 10.2. The van der Waals surface area contributed by atoms with Gasteiger partial charge < -0.3 is 10.8 Å². The van der Waals surface area contributed by atoms with Crippen molar-refractivity contribution in [2.45, 2.75) is 0 Å². The van der Waals surface area contributed by atoms with Crippen LogP contribution in [0, 0.1) is 0 Å². The molecule has 4 heteroatoms. The zero-order valence-corrected chi connectivity index (χ0v) is 8.28. The molecule has 1 aromatic carbocycles. The molecule has 0 saturated carbocycles. The van der Waals surface area contributed by atoms with Crippen LogP contribution in [0.4, 0.5) is 5.69 Å². The number of nitrogens with two attached hydrogens (primary N) is 1. The van der Waals surface area contributed by atoms with Crippen molar-refractivity contribution in [1.29, 1.82) is 0 Å². The number of halogens is 1. The summed E-state index contributed by atoms with van der Waals surface area (Å²) in [6.07, 6.45) is 2.52. The maximum Gasteiger partial charge on any atom is 0.328 e. The molecular weight excluding hydrogens is 234 g/mol. The van der Waals surface area contributed by atoms with Crippen LogP contribution >= 0.6 is 15.9 Å². The first-order chi connectivity index (χ1) is 6.09. The molecule has 0 aliphatic rings. The fraction of sp³-hybridized carbons (Fsp3) is 0. The van der Waals surface area contributed by atoms with Crippen LogP contribution in [-0.4, -0.2) is 11.1 Å². The van der Waals surface area contributed by atoms with E-state index in [1.165, 1.54) is 6.08 Å². The van der Waals surface area contributed by atoms with Gasteiger partial charge in [0, 0.05) is 16.2 Å². The van der Waals surface area contributed by atoms with Gasteiger partial charge in [-0.2, -0.15) is 0 Å². The van der Waals surface area contributed by atoms with E-state index in [0.717, 1.165) is 10.5 Å². The number of carbonyl (C=O) groups is 1. The Morgan fingerprint density at radius 1 is 1.54 bits per heavy atom. The van der Waals surface area contributed by atoms with Crippen molar-refractivity contribution < 1.29 is 9.90 Å². The number of hydrogen-bond donors (Lipinski definition) is 2. The van der Waals surface area contributed by atoms with Crippen LogP contribution in [0.1, 0.15) is 5.56 Å². The topological polar surface area (TPSA) is 63.3 Å². The predicted octanol–water partition coefficient (Wildman–Crippen LogP) is 2.13. The maximum absolute atomic E-state index is 10.2. The van der Waals surface area contributed by atoms with E-state index in [1.807, 2.05) is 0 Å². The molecule has 0 fully saturated rings. The van der Waals surface area contributed by atoms with Crippen LogP contribution in [0.25, 0.3) is 6.08 Å². The van der Waals surface area contributed by atoms with Crippen molar-refractivity contribution >= 4 is 33.7 Å². The number of hydrogen-bond acceptors (Lipinski definition) is 2. The Morgan fingerprint density at radius 3 is 2.77 bits per heavy atom. The highest BCUT2D eigenvalue weighted by Crippen LogP contribution is 2.19. The number of carboxylic acid groups (broad SMARTS) is 1. The molecule has 3 nitrogen and oxygen atoms in total. The zero-order chi connectivity index (χ0) is 9.84. The molecule has 0 amide bonds. The van der Waals surface area contributed by atoms with E-state index >= 15 is 0 Å². The van der Waals surface area contributed by atoms with E-state index in [-0.39, 0.29) is 0 Å². The van der Waals surface area contributed by atoms with Gasteiger partial charge in [-0.3, -0.25) is 0 Å². The fourth-order valence-corrected chi connectivity index (χ4v) is 1.24. The van der Waals surface area contributed by atoms with E-state index in [1.54, 1.807) is 18.2 Å². The second kappa shape index (κ2) is 4.09.